The van der Waals surface area contributed by atoms with Crippen molar-refractivity contribution in [2.24, 2.45) is 0 Å². The van der Waals surface area contributed by atoms with Crippen LogP contribution in [0.3, 0.4) is 0 Å². The first-order chi connectivity index (χ1) is 18.7. The summed E-state index contributed by atoms with van der Waals surface area (Å²) >= 11 is 0. The first-order valence-corrected chi connectivity index (χ1v) is 18.2. The number of fused-ring (bicyclic) bond motifs is 3. The lowest BCUT2D eigenvalue weighted by Crippen LogP contribution is -2.43. The number of terminal acetylenes is 1. The van der Waals surface area contributed by atoms with Crippen molar-refractivity contribution in [3.8, 4) is 34.9 Å². The maximum atomic E-state index is 5.93. The summed E-state index contributed by atoms with van der Waals surface area (Å²) in [6, 6.07) is 13.9. The Morgan fingerprint density at radius 1 is 0.667 bits per heavy atom. The second-order valence-electron chi connectivity index (χ2n) is 13.0. The van der Waals surface area contributed by atoms with Gasteiger partial charge in [-0.2, -0.15) is 0 Å². The maximum absolute atomic E-state index is 5.93. The molecule has 0 nitrogen and oxygen atoms in total. The topological polar surface area (TPSA) is 0 Å². The lowest BCUT2D eigenvalue weighted by atomic mass is 9.70. The Balaban J connectivity index is 2.18. The Kier molecular flexibility index (Phi) is 11.2. The molecule has 1 aliphatic rings. The fourth-order valence-corrected chi connectivity index (χ4v) is 12.9. The first kappa shape index (κ1) is 31.3. The molecule has 0 aromatic heterocycles. The normalized spacial score (nSPS) is 13.8. The molecule has 0 saturated heterocycles. The highest BCUT2D eigenvalue weighted by Crippen LogP contribution is 2.54. The van der Waals surface area contributed by atoms with E-state index in [-0.39, 0.29) is 5.41 Å². The van der Waals surface area contributed by atoms with E-state index in [9.17, 15) is 0 Å². The van der Waals surface area contributed by atoms with Gasteiger partial charge >= 0.3 is 0 Å². The minimum atomic E-state index is -1.79. The molecule has 0 radical (unpaired) electrons. The molecule has 0 spiro atoms. The van der Waals surface area contributed by atoms with Crippen molar-refractivity contribution in [1.82, 2.24) is 0 Å². The predicted octanol–water partition coefficient (Wildman–Crippen LogP) is 11.4. The van der Waals surface area contributed by atoms with Crippen LogP contribution in [-0.4, -0.2) is 8.07 Å². The van der Waals surface area contributed by atoms with Crippen molar-refractivity contribution in [2.45, 2.75) is 142 Å². The maximum Gasteiger partial charge on any atom is 0.146 e. The van der Waals surface area contributed by atoms with Crippen molar-refractivity contribution in [3.05, 3.63) is 58.7 Å². The van der Waals surface area contributed by atoms with Gasteiger partial charge in [-0.3, -0.25) is 0 Å². The van der Waals surface area contributed by atoms with Gasteiger partial charge in [0.05, 0.1) is 0 Å². The van der Waals surface area contributed by atoms with Crippen LogP contribution in [0.2, 0.25) is 16.6 Å². The molecule has 0 aliphatic heterocycles. The fourth-order valence-electron chi connectivity index (χ4n) is 7.65. The number of benzene rings is 2. The van der Waals surface area contributed by atoms with Gasteiger partial charge in [-0.1, -0.05) is 131 Å². The second-order valence-corrected chi connectivity index (χ2v) is 18.6. The van der Waals surface area contributed by atoms with E-state index in [1.165, 1.54) is 92.0 Å². The van der Waals surface area contributed by atoms with Crippen LogP contribution in [0.1, 0.15) is 142 Å². The molecule has 3 rings (SSSR count). The summed E-state index contributed by atoms with van der Waals surface area (Å²) in [4.78, 5) is 0. The van der Waals surface area contributed by atoms with Crippen molar-refractivity contribution in [1.29, 1.82) is 0 Å². The highest BCUT2D eigenvalue weighted by Gasteiger charge is 2.43. The highest BCUT2D eigenvalue weighted by molar-refractivity contribution is 6.90. The lowest BCUT2D eigenvalue weighted by molar-refractivity contribution is 0.401. The summed E-state index contributed by atoms with van der Waals surface area (Å²) in [5.74, 6) is 6.71. The van der Waals surface area contributed by atoms with Crippen molar-refractivity contribution < 1.29 is 0 Å². The van der Waals surface area contributed by atoms with Gasteiger partial charge in [0.25, 0.3) is 0 Å². The lowest BCUT2D eigenvalue weighted by Gasteiger charge is -2.38. The second kappa shape index (κ2) is 13.9. The van der Waals surface area contributed by atoms with Crippen LogP contribution in [-0.2, 0) is 5.41 Å². The first-order valence-electron chi connectivity index (χ1n) is 16.0. The van der Waals surface area contributed by atoms with Crippen molar-refractivity contribution in [3.63, 3.8) is 0 Å². The smallest absolute Gasteiger partial charge is 0.125 e. The molecule has 210 valence electrons. The molecule has 0 amide bonds. The average Bonchev–Trinajstić information content (AvgIpc) is 3.17. The Bertz CT molecular complexity index is 1160. The number of unbranched alkanes of at least 4 members (excludes halogenated alkanes) is 6. The quantitative estimate of drug-likeness (QED) is 0.135. The summed E-state index contributed by atoms with van der Waals surface area (Å²) in [5, 5.41) is 0. The summed E-state index contributed by atoms with van der Waals surface area (Å²) in [7, 11) is -1.79. The third kappa shape index (κ3) is 6.41. The van der Waals surface area contributed by atoms with Gasteiger partial charge in [-0.25, -0.2) is 0 Å². The van der Waals surface area contributed by atoms with E-state index in [0.29, 0.717) is 16.6 Å². The molecular weight excluding hydrogens is 485 g/mol. The molecule has 2 aromatic carbocycles. The van der Waals surface area contributed by atoms with E-state index in [1.54, 1.807) is 0 Å². The fraction of sp³-hybridized carbons (Fsp3) is 0.579. The van der Waals surface area contributed by atoms with Crippen molar-refractivity contribution >= 4 is 8.07 Å². The zero-order chi connectivity index (χ0) is 28.6. The van der Waals surface area contributed by atoms with Gasteiger partial charge in [0.2, 0.25) is 0 Å². The Hall–Kier alpha value is -2.22. The van der Waals surface area contributed by atoms with E-state index in [1.807, 2.05) is 0 Å². The molecule has 0 atom stereocenters. The van der Waals surface area contributed by atoms with Crippen LogP contribution in [0.25, 0.3) is 11.1 Å². The van der Waals surface area contributed by atoms with Gasteiger partial charge in [0, 0.05) is 16.5 Å². The van der Waals surface area contributed by atoms with Gasteiger partial charge in [0.15, 0.2) is 0 Å². The molecule has 1 heteroatoms. The number of hydrogen-bond donors (Lipinski definition) is 0. The standard InChI is InChI=1S/C38H54Si/c1-10-13-15-17-24-38(25-18-16-14-11-2)36-27-32(12-3)19-21-34(36)35-22-20-33(28-37(35)38)23-26-39(29(4)5,30(6)7)31(8)9/h3,19-22,27-31H,10-11,13-18,24-25H2,1-2,4-9H3. The van der Waals surface area contributed by atoms with E-state index < -0.39 is 8.07 Å². The summed E-state index contributed by atoms with van der Waals surface area (Å²) in [6.45, 7) is 19.0. The molecular formula is C38H54Si. The van der Waals surface area contributed by atoms with E-state index in [0.717, 1.165) is 5.56 Å². The third-order valence-corrected chi connectivity index (χ3v) is 16.0. The zero-order valence-corrected chi connectivity index (χ0v) is 27.3. The molecule has 2 aromatic rings. The average molecular weight is 539 g/mol. The van der Waals surface area contributed by atoms with Gasteiger partial charge < -0.3 is 0 Å². The minimum absolute atomic E-state index is 0.0410. The van der Waals surface area contributed by atoms with E-state index in [2.05, 4.69) is 109 Å². The predicted molar refractivity (Wildman–Crippen MR) is 176 cm³/mol. The van der Waals surface area contributed by atoms with Crippen LogP contribution in [0.15, 0.2) is 36.4 Å². The monoisotopic (exact) mass is 538 g/mol. The molecule has 0 unspecified atom stereocenters. The Morgan fingerprint density at radius 2 is 1.13 bits per heavy atom. The molecule has 1 aliphatic carbocycles. The van der Waals surface area contributed by atoms with E-state index >= 15 is 0 Å². The third-order valence-electron chi connectivity index (χ3n) is 9.73. The number of hydrogen-bond acceptors (Lipinski definition) is 0. The Morgan fingerprint density at radius 3 is 1.56 bits per heavy atom. The number of rotatable bonds is 13. The molecule has 0 saturated carbocycles. The Labute approximate surface area is 242 Å². The molecule has 0 fully saturated rings. The van der Waals surface area contributed by atoms with Crippen LogP contribution < -0.4 is 0 Å². The highest BCUT2D eigenvalue weighted by atomic mass is 28.3. The summed E-state index contributed by atoms with van der Waals surface area (Å²) < 4.78 is 0. The minimum Gasteiger partial charge on any atom is -0.125 e. The zero-order valence-electron chi connectivity index (χ0n) is 26.3. The van der Waals surface area contributed by atoms with Gasteiger partial charge in [-0.05, 0) is 76.0 Å². The summed E-state index contributed by atoms with van der Waals surface area (Å²) in [5.41, 5.74) is 13.9. The van der Waals surface area contributed by atoms with Crippen LogP contribution >= 0.6 is 0 Å². The summed E-state index contributed by atoms with van der Waals surface area (Å²) in [6.07, 6.45) is 18.6. The molecule has 0 heterocycles. The molecule has 39 heavy (non-hydrogen) atoms. The van der Waals surface area contributed by atoms with Gasteiger partial charge in [0.1, 0.15) is 8.07 Å². The largest absolute Gasteiger partial charge is 0.146 e. The van der Waals surface area contributed by atoms with E-state index in [4.69, 9.17) is 6.42 Å². The van der Waals surface area contributed by atoms with Gasteiger partial charge in [-0.15, -0.1) is 12.0 Å². The molecule has 0 N–H and O–H groups in total. The SMILES string of the molecule is C#Cc1ccc2c(c1)C(CCCCCC)(CCCCCC)c1cc(C#C[Si](C(C)C)(C(C)C)C(C)C)ccc1-2. The van der Waals surface area contributed by atoms with Crippen LogP contribution in [0.5, 0.6) is 0 Å². The van der Waals surface area contributed by atoms with Crippen molar-refractivity contribution in [2.75, 3.05) is 0 Å². The molecule has 0 bridgehead atoms. The van der Waals surface area contributed by atoms with Crippen LogP contribution in [0.4, 0.5) is 0 Å². The van der Waals surface area contributed by atoms with Crippen LogP contribution in [0, 0.1) is 23.8 Å².